The number of thiophene rings is 1. The maximum absolute atomic E-state index is 11.8. The normalized spacial score (nSPS) is 13.1. The van der Waals surface area contributed by atoms with Crippen LogP contribution in [-0.2, 0) is 0 Å². The average molecular weight is 269 g/mol. The van der Waals surface area contributed by atoms with E-state index >= 15 is 0 Å². The number of nitrogens with zero attached hydrogens (tertiary/aromatic N) is 1. The van der Waals surface area contributed by atoms with E-state index in [-0.39, 0.29) is 11.6 Å². The summed E-state index contributed by atoms with van der Waals surface area (Å²) in [6, 6.07) is 2.02. The SMILES string of the molecule is CCC(N)CSc1nc2sc(C)cc2c(=O)[nH]1. The van der Waals surface area contributed by atoms with E-state index in [0.717, 1.165) is 21.9 Å². The van der Waals surface area contributed by atoms with Crippen LogP contribution in [0.1, 0.15) is 18.2 Å². The topological polar surface area (TPSA) is 71.8 Å². The van der Waals surface area contributed by atoms with Gasteiger partial charge in [-0.15, -0.1) is 11.3 Å². The Morgan fingerprint density at radius 2 is 2.41 bits per heavy atom. The lowest BCUT2D eigenvalue weighted by Gasteiger charge is -2.06. The van der Waals surface area contributed by atoms with Crippen molar-refractivity contribution in [2.75, 3.05) is 5.75 Å². The van der Waals surface area contributed by atoms with Crippen LogP contribution in [0, 0.1) is 6.92 Å². The van der Waals surface area contributed by atoms with Gasteiger partial charge in [0.05, 0.1) is 5.39 Å². The molecule has 0 fully saturated rings. The maximum Gasteiger partial charge on any atom is 0.260 e. The summed E-state index contributed by atoms with van der Waals surface area (Å²) in [4.78, 5) is 20.9. The van der Waals surface area contributed by atoms with E-state index in [4.69, 9.17) is 5.73 Å². The second kappa shape index (κ2) is 5.20. The van der Waals surface area contributed by atoms with Gasteiger partial charge in [-0.1, -0.05) is 18.7 Å². The molecule has 0 radical (unpaired) electrons. The van der Waals surface area contributed by atoms with Gasteiger partial charge in [-0.3, -0.25) is 4.79 Å². The lowest BCUT2D eigenvalue weighted by Crippen LogP contribution is -2.21. The fourth-order valence-corrected chi connectivity index (χ4v) is 3.27. The Labute approximate surface area is 108 Å². The van der Waals surface area contributed by atoms with Crippen molar-refractivity contribution in [3.05, 3.63) is 21.3 Å². The number of thioether (sulfide) groups is 1. The van der Waals surface area contributed by atoms with Crippen LogP contribution in [0.4, 0.5) is 0 Å². The zero-order valence-electron chi connectivity index (χ0n) is 9.82. The molecule has 2 aromatic heterocycles. The smallest absolute Gasteiger partial charge is 0.260 e. The van der Waals surface area contributed by atoms with Gasteiger partial charge >= 0.3 is 0 Å². The molecular weight excluding hydrogens is 254 g/mol. The second-order valence-electron chi connectivity index (χ2n) is 3.93. The van der Waals surface area contributed by atoms with E-state index in [1.54, 1.807) is 11.3 Å². The molecule has 1 unspecified atom stereocenters. The molecule has 0 spiro atoms. The Balaban J connectivity index is 2.27. The van der Waals surface area contributed by atoms with Gasteiger partial charge < -0.3 is 10.7 Å². The van der Waals surface area contributed by atoms with E-state index in [1.165, 1.54) is 11.8 Å². The number of hydrogen-bond acceptors (Lipinski definition) is 5. The van der Waals surface area contributed by atoms with E-state index < -0.39 is 0 Å². The first-order valence-electron chi connectivity index (χ1n) is 5.49. The maximum atomic E-state index is 11.8. The summed E-state index contributed by atoms with van der Waals surface area (Å²) in [5.74, 6) is 0.773. The number of nitrogens with two attached hydrogens (primary N) is 1. The zero-order chi connectivity index (χ0) is 12.4. The quantitative estimate of drug-likeness (QED) is 0.659. The van der Waals surface area contributed by atoms with Crippen LogP contribution in [0.5, 0.6) is 0 Å². The summed E-state index contributed by atoms with van der Waals surface area (Å²) >= 11 is 3.05. The molecule has 4 nitrogen and oxygen atoms in total. The Bertz CT molecular complexity index is 576. The van der Waals surface area contributed by atoms with Crippen LogP contribution in [-0.4, -0.2) is 21.8 Å². The van der Waals surface area contributed by atoms with Gasteiger partial charge in [-0.25, -0.2) is 4.98 Å². The lowest BCUT2D eigenvalue weighted by atomic mass is 10.3. The van der Waals surface area contributed by atoms with Gasteiger partial charge in [-0.05, 0) is 19.4 Å². The summed E-state index contributed by atoms with van der Waals surface area (Å²) in [5, 5.41) is 1.34. The van der Waals surface area contributed by atoms with Crippen molar-refractivity contribution in [2.45, 2.75) is 31.5 Å². The van der Waals surface area contributed by atoms with Crippen molar-refractivity contribution in [1.82, 2.24) is 9.97 Å². The fraction of sp³-hybridized carbons (Fsp3) is 0.455. The number of H-pyrrole nitrogens is 1. The predicted molar refractivity (Wildman–Crippen MR) is 74.0 cm³/mol. The van der Waals surface area contributed by atoms with Crippen molar-refractivity contribution < 1.29 is 0 Å². The third kappa shape index (κ3) is 2.88. The Morgan fingerprint density at radius 1 is 1.65 bits per heavy atom. The highest BCUT2D eigenvalue weighted by atomic mass is 32.2. The molecule has 2 rings (SSSR count). The van der Waals surface area contributed by atoms with Gasteiger partial charge in [-0.2, -0.15) is 0 Å². The van der Waals surface area contributed by atoms with Gasteiger partial charge in [0.25, 0.3) is 5.56 Å². The summed E-state index contributed by atoms with van der Waals surface area (Å²) in [7, 11) is 0. The van der Waals surface area contributed by atoms with Crippen LogP contribution in [0.3, 0.4) is 0 Å². The van der Waals surface area contributed by atoms with Crippen LogP contribution in [0.25, 0.3) is 10.2 Å². The first-order valence-corrected chi connectivity index (χ1v) is 7.29. The summed E-state index contributed by atoms with van der Waals surface area (Å²) in [5.41, 5.74) is 5.77. The van der Waals surface area contributed by atoms with Crippen LogP contribution in [0.15, 0.2) is 16.0 Å². The van der Waals surface area contributed by atoms with Gasteiger partial charge in [0.2, 0.25) is 0 Å². The Morgan fingerprint density at radius 3 is 3.12 bits per heavy atom. The molecule has 0 aliphatic carbocycles. The number of hydrogen-bond donors (Lipinski definition) is 2. The molecule has 0 amide bonds. The summed E-state index contributed by atoms with van der Waals surface area (Å²) in [6.45, 7) is 4.03. The van der Waals surface area contributed by atoms with Crippen LogP contribution in [0.2, 0.25) is 0 Å². The van der Waals surface area contributed by atoms with Crippen LogP contribution >= 0.6 is 23.1 Å². The van der Waals surface area contributed by atoms with E-state index in [9.17, 15) is 4.79 Å². The van der Waals surface area contributed by atoms with E-state index in [0.29, 0.717) is 10.5 Å². The lowest BCUT2D eigenvalue weighted by molar-refractivity contribution is 0.723. The second-order valence-corrected chi connectivity index (χ2v) is 6.17. The Kier molecular flexibility index (Phi) is 3.86. The van der Waals surface area contributed by atoms with Gasteiger partial charge in [0, 0.05) is 16.7 Å². The first-order chi connectivity index (χ1) is 8.10. The standard InChI is InChI=1S/C11H15N3OS2/c1-3-7(12)5-16-11-13-9(15)8-4-6(2)17-10(8)14-11/h4,7H,3,5,12H2,1-2H3,(H,13,14,15). The molecular formula is C11H15N3OS2. The monoisotopic (exact) mass is 269 g/mol. The molecule has 0 saturated heterocycles. The third-order valence-electron chi connectivity index (χ3n) is 2.46. The fourth-order valence-electron chi connectivity index (χ4n) is 1.40. The molecule has 1 atom stereocenters. The van der Waals surface area contributed by atoms with Crippen LogP contribution < -0.4 is 11.3 Å². The summed E-state index contributed by atoms with van der Waals surface area (Å²) in [6.07, 6.45) is 0.928. The molecule has 0 aromatic carbocycles. The predicted octanol–water partition coefficient (Wildman–Crippen LogP) is 2.12. The van der Waals surface area contributed by atoms with Crippen molar-refractivity contribution in [1.29, 1.82) is 0 Å². The molecule has 2 aromatic rings. The third-order valence-corrected chi connectivity index (χ3v) is 4.47. The molecule has 0 bridgehead atoms. The number of aromatic nitrogens is 2. The minimum absolute atomic E-state index is 0.0630. The molecule has 2 heterocycles. The van der Waals surface area contributed by atoms with Crippen molar-refractivity contribution in [3.63, 3.8) is 0 Å². The average Bonchev–Trinajstić information content (AvgIpc) is 2.67. The van der Waals surface area contributed by atoms with E-state index in [2.05, 4.69) is 9.97 Å². The van der Waals surface area contributed by atoms with Crippen molar-refractivity contribution in [2.24, 2.45) is 5.73 Å². The number of nitrogens with one attached hydrogen (secondary N) is 1. The van der Waals surface area contributed by atoms with E-state index in [1.807, 2.05) is 19.9 Å². The Hall–Kier alpha value is -0.850. The molecule has 0 aliphatic heterocycles. The minimum atomic E-state index is -0.0630. The van der Waals surface area contributed by atoms with Crippen molar-refractivity contribution in [3.8, 4) is 0 Å². The highest BCUT2D eigenvalue weighted by Gasteiger charge is 2.08. The largest absolute Gasteiger partial charge is 0.327 e. The van der Waals surface area contributed by atoms with Gasteiger partial charge in [0.1, 0.15) is 4.83 Å². The zero-order valence-corrected chi connectivity index (χ0v) is 11.5. The first kappa shape index (κ1) is 12.6. The molecule has 0 aliphatic rings. The minimum Gasteiger partial charge on any atom is -0.327 e. The molecule has 3 N–H and O–H groups in total. The number of fused-ring (bicyclic) bond motifs is 1. The van der Waals surface area contributed by atoms with Crippen molar-refractivity contribution >= 4 is 33.3 Å². The number of aryl methyl sites for hydroxylation is 1. The molecule has 6 heteroatoms. The molecule has 17 heavy (non-hydrogen) atoms. The number of aromatic amines is 1. The molecule has 92 valence electrons. The van der Waals surface area contributed by atoms with Gasteiger partial charge in [0.15, 0.2) is 5.16 Å². The highest BCUT2D eigenvalue weighted by Crippen LogP contribution is 2.22. The molecule has 0 saturated carbocycles. The number of rotatable bonds is 4. The summed E-state index contributed by atoms with van der Waals surface area (Å²) < 4.78 is 0. The highest BCUT2D eigenvalue weighted by molar-refractivity contribution is 7.99.